The molecule has 0 fully saturated rings. The van der Waals surface area contributed by atoms with E-state index in [2.05, 4.69) is 4.98 Å². The fourth-order valence-electron chi connectivity index (χ4n) is 1.90. The van der Waals surface area contributed by atoms with E-state index in [1.807, 2.05) is 24.3 Å². The van der Waals surface area contributed by atoms with Gasteiger partial charge in [-0.15, -0.1) is 0 Å². The standard InChI is InChI=1S/C10H7NO2.C6H8O7/c12-10(13)8-5-7-3-1-2-4-9(7)11-6-8;7-3(8)1-6(13,5(11)12)2-4(9)10/h1-6H,(H,12,13);13H,1-2H2,(H,7,8)(H,9,10)(H,11,12). The Morgan fingerprint density at radius 1 is 0.923 bits per heavy atom. The van der Waals surface area contributed by atoms with Crippen LogP contribution in [0.4, 0.5) is 0 Å². The van der Waals surface area contributed by atoms with Crippen LogP contribution >= 0.6 is 0 Å². The van der Waals surface area contributed by atoms with Gasteiger partial charge in [0, 0.05) is 11.6 Å². The van der Waals surface area contributed by atoms with Crippen molar-refractivity contribution in [1.82, 2.24) is 4.98 Å². The van der Waals surface area contributed by atoms with Crippen molar-refractivity contribution in [3.05, 3.63) is 42.1 Å². The number of carboxylic acid groups (broad SMARTS) is 4. The van der Waals surface area contributed by atoms with Crippen LogP contribution in [0.25, 0.3) is 10.9 Å². The molecule has 0 atom stereocenters. The number of benzene rings is 1. The van der Waals surface area contributed by atoms with E-state index in [4.69, 9.17) is 25.5 Å². The molecule has 0 aliphatic carbocycles. The third-order valence-electron chi connectivity index (χ3n) is 3.12. The number of rotatable bonds is 6. The van der Waals surface area contributed by atoms with Gasteiger partial charge in [0.15, 0.2) is 5.60 Å². The Kier molecular flexibility index (Phi) is 6.73. The van der Waals surface area contributed by atoms with Crippen molar-refractivity contribution in [1.29, 1.82) is 0 Å². The molecule has 0 aliphatic heterocycles. The lowest BCUT2D eigenvalue weighted by atomic mass is 9.96. The largest absolute Gasteiger partial charge is 0.481 e. The summed E-state index contributed by atoms with van der Waals surface area (Å²) in [6.07, 6.45) is -0.923. The van der Waals surface area contributed by atoms with Crippen LogP contribution in [0.5, 0.6) is 0 Å². The van der Waals surface area contributed by atoms with Crippen molar-refractivity contribution in [2.75, 3.05) is 0 Å². The quantitative estimate of drug-likeness (QED) is 0.488. The number of carboxylic acids is 4. The number of aliphatic hydroxyl groups is 1. The van der Waals surface area contributed by atoms with E-state index in [1.165, 1.54) is 6.20 Å². The van der Waals surface area contributed by atoms with Crippen LogP contribution in [0.1, 0.15) is 23.2 Å². The van der Waals surface area contributed by atoms with E-state index >= 15 is 0 Å². The zero-order valence-corrected chi connectivity index (χ0v) is 13.2. The summed E-state index contributed by atoms with van der Waals surface area (Å²) in [7, 11) is 0. The molecule has 10 heteroatoms. The molecule has 10 nitrogen and oxygen atoms in total. The molecule has 0 radical (unpaired) electrons. The minimum Gasteiger partial charge on any atom is -0.481 e. The Bertz CT molecular complexity index is 830. The molecule has 1 heterocycles. The second kappa shape index (κ2) is 8.53. The predicted octanol–water partition coefficient (Wildman–Crippen LogP) is 0.685. The normalized spacial score (nSPS) is 10.5. The van der Waals surface area contributed by atoms with Gasteiger partial charge in [0.05, 0.1) is 23.9 Å². The molecular weight excluding hydrogens is 350 g/mol. The van der Waals surface area contributed by atoms with Crippen LogP contribution < -0.4 is 0 Å². The molecule has 0 bridgehead atoms. The smallest absolute Gasteiger partial charge is 0.337 e. The molecule has 0 unspecified atom stereocenters. The summed E-state index contributed by atoms with van der Waals surface area (Å²) in [4.78, 5) is 45.1. The molecule has 1 aromatic carbocycles. The Morgan fingerprint density at radius 2 is 1.46 bits per heavy atom. The Balaban J connectivity index is 0.000000260. The summed E-state index contributed by atoms with van der Waals surface area (Å²) in [5, 5.41) is 43.4. The number of hydrogen-bond donors (Lipinski definition) is 5. The Labute approximate surface area is 146 Å². The fraction of sp³-hybridized carbons (Fsp3) is 0.188. The first kappa shape index (κ1) is 20.5. The van der Waals surface area contributed by atoms with Gasteiger partial charge in [-0.2, -0.15) is 0 Å². The van der Waals surface area contributed by atoms with Crippen molar-refractivity contribution in [3.8, 4) is 0 Å². The maximum absolute atomic E-state index is 10.6. The fourth-order valence-corrected chi connectivity index (χ4v) is 1.90. The van der Waals surface area contributed by atoms with Crippen molar-refractivity contribution in [3.63, 3.8) is 0 Å². The summed E-state index contributed by atoms with van der Waals surface area (Å²) in [5.41, 5.74) is -1.70. The van der Waals surface area contributed by atoms with E-state index in [9.17, 15) is 19.2 Å². The second-order valence-electron chi connectivity index (χ2n) is 5.20. The highest BCUT2D eigenvalue weighted by Crippen LogP contribution is 2.15. The molecule has 0 spiro atoms. The van der Waals surface area contributed by atoms with Gasteiger partial charge in [-0.1, -0.05) is 18.2 Å². The van der Waals surface area contributed by atoms with Gasteiger partial charge in [0.2, 0.25) is 0 Å². The average Bonchev–Trinajstić information content (AvgIpc) is 2.53. The van der Waals surface area contributed by atoms with Gasteiger partial charge >= 0.3 is 23.9 Å². The highest BCUT2D eigenvalue weighted by molar-refractivity contribution is 5.92. The average molecular weight is 365 g/mol. The molecule has 5 N–H and O–H groups in total. The van der Waals surface area contributed by atoms with Crippen LogP contribution in [0.3, 0.4) is 0 Å². The molecule has 0 saturated heterocycles. The van der Waals surface area contributed by atoms with Crippen molar-refractivity contribution < 1.29 is 44.7 Å². The minimum atomic E-state index is -2.74. The van der Waals surface area contributed by atoms with Gasteiger partial charge in [-0.3, -0.25) is 14.6 Å². The van der Waals surface area contributed by atoms with Crippen LogP contribution in [-0.2, 0) is 14.4 Å². The molecule has 0 amide bonds. The minimum absolute atomic E-state index is 0.221. The zero-order valence-electron chi connectivity index (χ0n) is 13.2. The Morgan fingerprint density at radius 3 is 1.92 bits per heavy atom. The number of carbonyl (C=O) groups is 4. The lowest BCUT2D eigenvalue weighted by Gasteiger charge is -2.18. The number of aliphatic carboxylic acids is 3. The maximum atomic E-state index is 10.6. The van der Waals surface area contributed by atoms with E-state index in [-0.39, 0.29) is 5.56 Å². The van der Waals surface area contributed by atoms with Gasteiger partial charge in [-0.25, -0.2) is 9.59 Å². The van der Waals surface area contributed by atoms with Gasteiger partial charge in [0.1, 0.15) is 0 Å². The first-order valence-electron chi connectivity index (χ1n) is 7.02. The Hall–Kier alpha value is -3.53. The molecule has 2 rings (SSSR count). The number of hydrogen-bond acceptors (Lipinski definition) is 6. The maximum Gasteiger partial charge on any atom is 0.337 e. The van der Waals surface area contributed by atoms with E-state index in [0.717, 1.165) is 10.9 Å². The van der Waals surface area contributed by atoms with Gasteiger partial charge in [0.25, 0.3) is 0 Å². The van der Waals surface area contributed by atoms with Crippen LogP contribution in [0, 0.1) is 0 Å². The number of pyridine rings is 1. The molecule has 138 valence electrons. The highest BCUT2D eigenvalue weighted by atomic mass is 16.4. The molecule has 26 heavy (non-hydrogen) atoms. The first-order valence-corrected chi connectivity index (χ1v) is 7.02. The van der Waals surface area contributed by atoms with Crippen LogP contribution in [0.2, 0.25) is 0 Å². The number of nitrogens with zero attached hydrogens (tertiary/aromatic N) is 1. The lowest BCUT2D eigenvalue weighted by molar-refractivity contribution is -0.170. The zero-order chi connectivity index (χ0) is 19.9. The third-order valence-corrected chi connectivity index (χ3v) is 3.12. The molecular formula is C16H15NO9. The van der Waals surface area contributed by atoms with Crippen molar-refractivity contribution in [2.45, 2.75) is 18.4 Å². The highest BCUT2D eigenvalue weighted by Gasteiger charge is 2.40. The van der Waals surface area contributed by atoms with Crippen LogP contribution in [-0.4, -0.2) is 60.0 Å². The monoisotopic (exact) mass is 365 g/mol. The van der Waals surface area contributed by atoms with E-state index < -0.39 is 42.3 Å². The summed E-state index contributed by atoms with van der Waals surface area (Å²) < 4.78 is 0. The topological polar surface area (TPSA) is 182 Å². The third kappa shape index (κ3) is 5.83. The summed E-state index contributed by atoms with van der Waals surface area (Å²) >= 11 is 0. The van der Waals surface area contributed by atoms with Crippen molar-refractivity contribution in [2.24, 2.45) is 0 Å². The predicted molar refractivity (Wildman–Crippen MR) is 85.8 cm³/mol. The first-order chi connectivity index (χ1) is 12.0. The summed E-state index contributed by atoms with van der Waals surface area (Å²) in [6.45, 7) is 0. The molecule has 2 aromatic rings. The number of fused-ring (bicyclic) bond motifs is 1. The van der Waals surface area contributed by atoms with E-state index in [0.29, 0.717) is 0 Å². The molecule has 1 aromatic heterocycles. The molecule has 0 saturated carbocycles. The SMILES string of the molecule is O=C(O)CC(O)(CC(=O)O)C(=O)O.O=C(O)c1cnc2ccccc2c1. The lowest BCUT2D eigenvalue weighted by Crippen LogP contribution is -2.42. The van der Waals surface area contributed by atoms with E-state index in [1.54, 1.807) is 6.07 Å². The number of para-hydroxylation sites is 1. The van der Waals surface area contributed by atoms with Crippen molar-refractivity contribution >= 4 is 34.8 Å². The summed E-state index contributed by atoms with van der Waals surface area (Å²) in [6, 6.07) is 9.03. The number of aromatic carboxylic acids is 1. The van der Waals surface area contributed by atoms with Gasteiger partial charge < -0.3 is 25.5 Å². The van der Waals surface area contributed by atoms with Gasteiger partial charge in [-0.05, 0) is 12.1 Å². The number of aromatic nitrogens is 1. The summed E-state index contributed by atoms with van der Waals surface area (Å²) in [5.74, 6) is -5.96. The molecule has 0 aliphatic rings. The van der Waals surface area contributed by atoms with Crippen LogP contribution in [0.15, 0.2) is 36.5 Å². The second-order valence-corrected chi connectivity index (χ2v) is 5.20.